The molecule has 3 aromatic carbocycles. The van der Waals surface area contributed by atoms with Crippen molar-refractivity contribution in [3.8, 4) is 34.5 Å². The van der Waals surface area contributed by atoms with Gasteiger partial charge in [0.1, 0.15) is 51.0 Å². The van der Waals surface area contributed by atoms with E-state index in [1.54, 1.807) is 0 Å². The highest BCUT2D eigenvalue weighted by Gasteiger charge is 2.68. The molecule has 2 aliphatic heterocycles. The summed E-state index contributed by atoms with van der Waals surface area (Å²) in [6.45, 7) is 1.45. The first-order valence-electron chi connectivity index (χ1n) is 12.3. The molecule has 0 bridgehead atoms. The number of rotatable bonds is 2. The summed E-state index contributed by atoms with van der Waals surface area (Å²) in [7, 11) is 2.71. The Hall–Kier alpha value is -5.23. The smallest absolute Gasteiger partial charge is 0.347 e. The standard InChI is InChI=1S/C29H20O12/c1-28-14(12-4-10(37-2)6-15(30)20(12)27(35)41-28)8-19(33)29(36)25(28)23-22-13-5-11(38-3)7-16(31)21(13)26(34)39-18(22)9-17(32)24(23)40-29/h4-9,25,30-32,36H,1-3H3/t25-,28-,29-/m1/s1. The van der Waals surface area contributed by atoms with Crippen molar-refractivity contribution in [2.75, 3.05) is 14.2 Å². The number of aliphatic hydroxyl groups is 1. The molecule has 12 heteroatoms. The van der Waals surface area contributed by atoms with Crippen LogP contribution >= 0.6 is 0 Å². The zero-order valence-electron chi connectivity index (χ0n) is 21.6. The van der Waals surface area contributed by atoms with Gasteiger partial charge in [-0.25, -0.2) is 9.59 Å². The molecule has 7 rings (SSSR count). The van der Waals surface area contributed by atoms with E-state index in [1.165, 1.54) is 45.4 Å². The Kier molecular flexibility index (Phi) is 4.65. The van der Waals surface area contributed by atoms with Crippen molar-refractivity contribution < 1.29 is 53.4 Å². The Morgan fingerprint density at radius 2 is 1.54 bits per heavy atom. The van der Waals surface area contributed by atoms with Crippen molar-refractivity contribution in [1.82, 2.24) is 0 Å². The van der Waals surface area contributed by atoms with Crippen molar-refractivity contribution in [2.24, 2.45) is 0 Å². The quantitative estimate of drug-likeness (QED) is 0.160. The lowest BCUT2D eigenvalue weighted by Gasteiger charge is -2.47. The van der Waals surface area contributed by atoms with Gasteiger partial charge < -0.3 is 43.8 Å². The first-order valence-corrected chi connectivity index (χ1v) is 12.3. The van der Waals surface area contributed by atoms with Gasteiger partial charge in [-0.15, -0.1) is 0 Å². The number of esters is 1. The summed E-state index contributed by atoms with van der Waals surface area (Å²) in [5.41, 5.74) is -2.89. The molecule has 1 aliphatic carbocycles. The minimum atomic E-state index is -2.67. The number of methoxy groups -OCH3 is 2. The Labute approximate surface area is 229 Å². The number of phenolic OH excluding ortho intramolecular Hbond substituents is 3. The average Bonchev–Trinajstić information content (AvgIpc) is 3.25. The number of phenols is 3. The van der Waals surface area contributed by atoms with Crippen molar-refractivity contribution in [1.29, 1.82) is 0 Å². The van der Waals surface area contributed by atoms with Crippen LogP contribution in [0.4, 0.5) is 0 Å². The molecule has 0 saturated heterocycles. The third-order valence-corrected chi connectivity index (χ3v) is 8.04. The molecule has 0 radical (unpaired) electrons. The molecule has 0 fully saturated rings. The van der Waals surface area contributed by atoms with Crippen molar-refractivity contribution >= 4 is 39.1 Å². The van der Waals surface area contributed by atoms with Gasteiger partial charge in [0.2, 0.25) is 5.78 Å². The topological polar surface area (TPSA) is 182 Å². The van der Waals surface area contributed by atoms with Gasteiger partial charge in [-0.1, -0.05) is 0 Å². The van der Waals surface area contributed by atoms with E-state index in [0.29, 0.717) is 0 Å². The van der Waals surface area contributed by atoms with Gasteiger partial charge in [0.05, 0.1) is 14.2 Å². The first-order chi connectivity index (χ1) is 19.4. The summed E-state index contributed by atoms with van der Waals surface area (Å²) in [5.74, 6) is -7.51. The molecular weight excluding hydrogens is 540 g/mol. The van der Waals surface area contributed by atoms with Crippen LogP contribution in [0.1, 0.15) is 34.3 Å². The molecule has 0 spiro atoms. The molecule has 4 aromatic rings. The Morgan fingerprint density at radius 1 is 0.854 bits per heavy atom. The van der Waals surface area contributed by atoms with Gasteiger partial charge in [-0.2, -0.15) is 0 Å². The Balaban J connectivity index is 1.62. The van der Waals surface area contributed by atoms with E-state index < -0.39 is 51.9 Å². The van der Waals surface area contributed by atoms with Gasteiger partial charge >= 0.3 is 11.6 Å². The molecule has 1 aromatic heterocycles. The molecule has 4 N–H and O–H groups in total. The van der Waals surface area contributed by atoms with E-state index >= 15 is 0 Å². The number of ether oxygens (including phenoxy) is 4. The number of benzene rings is 3. The second-order valence-electron chi connectivity index (χ2n) is 10.2. The fraction of sp³-hybridized carbons (Fsp3) is 0.207. The summed E-state index contributed by atoms with van der Waals surface area (Å²) in [6, 6.07) is 6.41. The third kappa shape index (κ3) is 2.94. The first kappa shape index (κ1) is 24.8. The molecule has 208 valence electrons. The van der Waals surface area contributed by atoms with Gasteiger partial charge in [0, 0.05) is 45.7 Å². The summed E-state index contributed by atoms with van der Waals surface area (Å²) < 4.78 is 27.6. The van der Waals surface area contributed by atoms with Crippen LogP contribution in [0.25, 0.3) is 27.3 Å². The van der Waals surface area contributed by atoms with Crippen LogP contribution in [-0.4, -0.2) is 57.8 Å². The van der Waals surface area contributed by atoms with Crippen LogP contribution in [0.2, 0.25) is 0 Å². The maximum Gasteiger partial charge on any atom is 0.347 e. The summed E-state index contributed by atoms with van der Waals surface area (Å²) in [5, 5.41) is 44.0. The molecule has 3 aliphatic rings. The zero-order chi connectivity index (χ0) is 29.2. The second-order valence-corrected chi connectivity index (χ2v) is 10.2. The number of fused-ring (bicyclic) bond motifs is 11. The Morgan fingerprint density at radius 3 is 2.24 bits per heavy atom. The van der Waals surface area contributed by atoms with Crippen LogP contribution in [0.15, 0.2) is 45.6 Å². The molecule has 12 nitrogen and oxygen atoms in total. The highest BCUT2D eigenvalue weighted by Crippen LogP contribution is 2.63. The maximum atomic E-state index is 13.6. The van der Waals surface area contributed by atoms with E-state index in [-0.39, 0.29) is 61.3 Å². The average molecular weight is 560 g/mol. The number of aromatic hydroxyl groups is 3. The molecular formula is C29H20O12. The minimum Gasteiger partial charge on any atom is -0.507 e. The molecule has 0 amide bonds. The third-order valence-electron chi connectivity index (χ3n) is 8.04. The van der Waals surface area contributed by atoms with Crippen LogP contribution < -0.4 is 19.8 Å². The molecule has 3 atom stereocenters. The lowest BCUT2D eigenvalue weighted by molar-refractivity contribution is -0.183. The molecule has 0 unspecified atom stereocenters. The van der Waals surface area contributed by atoms with Crippen molar-refractivity contribution in [3.05, 3.63) is 63.5 Å². The van der Waals surface area contributed by atoms with Crippen molar-refractivity contribution in [3.63, 3.8) is 0 Å². The predicted octanol–water partition coefficient (Wildman–Crippen LogP) is 2.84. The summed E-state index contributed by atoms with van der Waals surface area (Å²) >= 11 is 0. The fourth-order valence-electron chi connectivity index (χ4n) is 6.30. The zero-order valence-corrected chi connectivity index (χ0v) is 21.6. The van der Waals surface area contributed by atoms with Gasteiger partial charge in [-0.3, -0.25) is 4.79 Å². The molecule has 41 heavy (non-hydrogen) atoms. The van der Waals surface area contributed by atoms with Crippen LogP contribution in [0, 0.1) is 0 Å². The summed E-state index contributed by atoms with van der Waals surface area (Å²) in [4.78, 5) is 39.9. The van der Waals surface area contributed by atoms with Gasteiger partial charge in [0.25, 0.3) is 5.79 Å². The van der Waals surface area contributed by atoms with E-state index in [4.69, 9.17) is 23.4 Å². The van der Waals surface area contributed by atoms with E-state index in [1.807, 2.05) is 0 Å². The molecule has 0 saturated carbocycles. The predicted molar refractivity (Wildman–Crippen MR) is 140 cm³/mol. The fourth-order valence-corrected chi connectivity index (χ4v) is 6.30. The highest BCUT2D eigenvalue weighted by molar-refractivity contribution is 6.15. The highest BCUT2D eigenvalue weighted by atomic mass is 16.6. The van der Waals surface area contributed by atoms with Gasteiger partial charge in [-0.05, 0) is 25.1 Å². The maximum absolute atomic E-state index is 13.6. The monoisotopic (exact) mass is 560 g/mol. The second kappa shape index (κ2) is 7.70. The number of hydrogen-bond acceptors (Lipinski definition) is 12. The SMILES string of the molecule is COc1cc(O)c2c(c1)C1=CC(=O)[C@@]3(O)Oc4c(O)cc5oc(=O)c6c(O)cc(OC)cc6c5c4[C@@H]3[C@]1(C)OC2=O. The van der Waals surface area contributed by atoms with E-state index in [9.17, 15) is 34.8 Å². The van der Waals surface area contributed by atoms with E-state index in [0.717, 1.165) is 12.1 Å². The molecule has 3 heterocycles. The van der Waals surface area contributed by atoms with Crippen molar-refractivity contribution in [2.45, 2.75) is 24.2 Å². The minimum absolute atomic E-state index is 0.0197. The normalized spacial score (nSPS) is 24.1. The van der Waals surface area contributed by atoms with Crippen LogP contribution in [-0.2, 0) is 9.53 Å². The van der Waals surface area contributed by atoms with Gasteiger partial charge in [0.15, 0.2) is 11.5 Å². The van der Waals surface area contributed by atoms with Crippen LogP contribution in [0.3, 0.4) is 0 Å². The number of hydrogen-bond donors (Lipinski definition) is 4. The number of carbonyl (C=O) groups excluding carboxylic acids is 2. The number of ketones is 1. The van der Waals surface area contributed by atoms with Crippen LogP contribution in [0.5, 0.6) is 34.5 Å². The Bertz CT molecular complexity index is 2000. The largest absolute Gasteiger partial charge is 0.507 e. The number of carbonyl (C=O) groups is 2. The lowest BCUT2D eigenvalue weighted by Crippen LogP contribution is -2.59. The lowest BCUT2D eigenvalue weighted by atomic mass is 9.65. The summed E-state index contributed by atoms with van der Waals surface area (Å²) in [6.07, 6.45) is 1.05. The van der Waals surface area contributed by atoms with E-state index in [2.05, 4.69) is 0 Å².